The first-order valence-corrected chi connectivity index (χ1v) is 13.1. The Balaban J connectivity index is 1.28. The van der Waals surface area contributed by atoms with Crippen LogP contribution in [-0.4, -0.2) is 80.4 Å². The number of methoxy groups -OCH3 is 1. The number of fused-ring (bicyclic) bond motifs is 2. The van der Waals surface area contributed by atoms with Crippen LogP contribution in [0.1, 0.15) is 30.4 Å². The molecule has 2 amide bonds. The molecule has 2 saturated heterocycles. The number of hydrogen-bond acceptors (Lipinski definition) is 6. The molecular weight excluding hydrogens is 470 g/mol. The summed E-state index contributed by atoms with van der Waals surface area (Å²) in [7, 11) is 1.40. The third-order valence-corrected chi connectivity index (χ3v) is 7.50. The molecule has 8 nitrogen and oxygen atoms in total. The van der Waals surface area contributed by atoms with Gasteiger partial charge in [-0.1, -0.05) is 42.5 Å². The van der Waals surface area contributed by atoms with Crippen LogP contribution in [0.5, 0.6) is 5.75 Å². The van der Waals surface area contributed by atoms with Crippen LogP contribution in [-0.2, 0) is 20.9 Å². The van der Waals surface area contributed by atoms with E-state index in [1.165, 1.54) is 7.11 Å². The summed E-state index contributed by atoms with van der Waals surface area (Å²) in [6.07, 6.45) is 2.25. The summed E-state index contributed by atoms with van der Waals surface area (Å²) in [6, 6.07) is 17.6. The van der Waals surface area contributed by atoms with Gasteiger partial charge in [0.05, 0.1) is 31.9 Å². The number of amides is 2. The molecule has 1 N–H and O–H groups in total. The summed E-state index contributed by atoms with van der Waals surface area (Å²) in [5, 5.41) is 3.08. The van der Waals surface area contributed by atoms with Gasteiger partial charge >= 0.3 is 12.0 Å². The van der Waals surface area contributed by atoms with Crippen molar-refractivity contribution in [3.8, 4) is 5.75 Å². The summed E-state index contributed by atoms with van der Waals surface area (Å²) < 4.78 is 16.5. The fourth-order valence-electron chi connectivity index (χ4n) is 5.59. The number of nitrogens with one attached hydrogen (secondary N) is 1. The highest BCUT2D eigenvalue weighted by atomic mass is 16.5. The lowest BCUT2D eigenvalue weighted by Gasteiger charge is -2.37. The standard InChI is InChI=1S/C29H35N3O5/c1-35-28(33)27-25(22-7-10-24(11-8-22)37-20-21-5-3-2-4-6-21)19-23-9-12-26(27)32(23)29(34)30-13-14-31-15-17-36-18-16-31/h2-8,10-11,23,26H,9,12-20H2,1H3,(H,30,34). The van der Waals surface area contributed by atoms with Crippen LogP contribution >= 0.6 is 0 Å². The van der Waals surface area contributed by atoms with E-state index >= 15 is 0 Å². The molecule has 2 bridgehead atoms. The van der Waals surface area contributed by atoms with E-state index < -0.39 is 0 Å². The number of benzene rings is 2. The molecule has 37 heavy (non-hydrogen) atoms. The Morgan fingerprint density at radius 2 is 1.78 bits per heavy atom. The minimum Gasteiger partial charge on any atom is -0.489 e. The summed E-state index contributed by atoms with van der Waals surface area (Å²) in [4.78, 5) is 30.3. The van der Waals surface area contributed by atoms with E-state index in [9.17, 15) is 9.59 Å². The zero-order chi connectivity index (χ0) is 25.6. The Morgan fingerprint density at radius 1 is 1.03 bits per heavy atom. The van der Waals surface area contributed by atoms with Crippen molar-refractivity contribution >= 4 is 17.6 Å². The van der Waals surface area contributed by atoms with Gasteiger partial charge in [0.1, 0.15) is 12.4 Å². The molecule has 0 saturated carbocycles. The average Bonchev–Trinajstić information content (AvgIpc) is 3.26. The molecule has 196 valence electrons. The quantitative estimate of drug-likeness (QED) is 0.554. The van der Waals surface area contributed by atoms with Crippen LogP contribution in [0.2, 0.25) is 0 Å². The van der Waals surface area contributed by atoms with Gasteiger partial charge < -0.3 is 24.4 Å². The number of esters is 1. The van der Waals surface area contributed by atoms with E-state index in [2.05, 4.69) is 10.2 Å². The molecule has 2 fully saturated rings. The fraction of sp³-hybridized carbons (Fsp3) is 0.448. The fourth-order valence-corrected chi connectivity index (χ4v) is 5.59. The van der Waals surface area contributed by atoms with Gasteiger partial charge in [0.25, 0.3) is 0 Å². The Hall–Kier alpha value is -3.36. The zero-order valence-corrected chi connectivity index (χ0v) is 21.4. The first-order valence-electron chi connectivity index (χ1n) is 13.1. The van der Waals surface area contributed by atoms with E-state index in [0.29, 0.717) is 25.1 Å². The third-order valence-electron chi connectivity index (χ3n) is 7.50. The maximum atomic E-state index is 13.2. The molecule has 3 heterocycles. The molecule has 2 unspecified atom stereocenters. The van der Waals surface area contributed by atoms with E-state index in [4.69, 9.17) is 14.2 Å². The normalized spacial score (nSPS) is 21.6. The van der Waals surface area contributed by atoms with Gasteiger partial charge in [0, 0.05) is 32.2 Å². The van der Waals surface area contributed by atoms with Crippen LogP contribution in [0.15, 0.2) is 60.2 Å². The minimum absolute atomic E-state index is 0.0609. The third kappa shape index (κ3) is 5.81. The van der Waals surface area contributed by atoms with E-state index in [0.717, 1.165) is 68.1 Å². The number of ether oxygens (including phenoxy) is 3. The van der Waals surface area contributed by atoms with Crippen molar-refractivity contribution in [2.24, 2.45) is 0 Å². The number of rotatable bonds is 8. The molecule has 8 heteroatoms. The molecule has 3 aliphatic rings. The summed E-state index contributed by atoms with van der Waals surface area (Å²) in [5.74, 6) is 0.406. The number of hydrogen-bond donors (Lipinski definition) is 1. The summed E-state index contributed by atoms with van der Waals surface area (Å²) in [5.41, 5.74) is 3.63. The Morgan fingerprint density at radius 3 is 2.51 bits per heavy atom. The van der Waals surface area contributed by atoms with Crippen molar-refractivity contribution in [2.75, 3.05) is 46.5 Å². The minimum atomic E-state index is -0.365. The second-order valence-electron chi connectivity index (χ2n) is 9.73. The van der Waals surface area contributed by atoms with Crippen molar-refractivity contribution in [1.29, 1.82) is 0 Å². The second kappa shape index (κ2) is 11.8. The van der Waals surface area contributed by atoms with Gasteiger partial charge in [-0.25, -0.2) is 9.59 Å². The number of urea groups is 1. The number of carbonyl (C=O) groups excluding carboxylic acids is 2. The molecule has 2 aromatic carbocycles. The smallest absolute Gasteiger partial charge is 0.336 e. The lowest BCUT2D eigenvalue weighted by molar-refractivity contribution is -0.136. The maximum Gasteiger partial charge on any atom is 0.336 e. The van der Waals surface area contributed by atoms with Gasteiger partial charge in [-0.15, -0.1) is 0 Å². The van der Waals surface area contributed by atoms with Crippen LogP contribution < -0.4 is 10.1 Å². The Kier molecular flexibility index (Phi) is 8.06. The molecule has 3 aliphatic heterocycles. The highest BCUT2D eigenvalue weighted by molar-refractivity contribution is 6.01. The molecule has 2 aromatic rings. The Bertz CT molecular complexity index is 1110. The van der Waals surface area contributed by atoms with Crippen LogP contribution in [0, 0.1) is 0 Å². The van der Waals surface area contributed by atoms with Crippen molar-refractivity contribution in [3.05, 3.63) is 71.3 Å². The molecular formula is C29H35N3O5. The first-order chi connectivity index (χ1) is 18.1. The van der Waals surface area contributed by atoms with Gasteiger partial charge in [-0.2, -0.15) is 0 Å². The van der Waals surface area contributed by atoms with Gasteiger partial charge in [-0.3, -0.25) is 4.90 Å². The van der Waals surface area contributed by atoms with E-state index in [-0.39, 0.29) is 24.1 Å². The highest BCUT2D eigenvalue weighted by Crippen LogP contribution is 2.43. The van der Waals surface area contributed by atoms with Gasteiger partial charge in [0.15, 0.2) is 0 Å². The molecule has 0 aliphatic carbocycles. The largest absolute Gasteiger partial charge is 0.489 e. The van der Waals surface area contributed by atoms with Crippen molar-refractivity contribution in [1.82, 2.24) is 15.1 Å². The van der Waals surface area contributed by atoms with Crippen molar-refractivity contribution in [3.63, 3.8) is 0 Å². The van der Waals surface area contributed by atoms with Crippen LogP contribution in [0.25, 0.3) is 5.57 Å². The monoisotopic (exact) mass is 505 g/mol. The maximum absolute atomic E-state index is 13.2. The lowest BCUT2D eigenvalue weighted by atomic mass is 9.88. The molecule has 2 atom stereocenters. The van der Waals surface area contributed by atoms with E-state index in [1.54, 1.807) is 0 Å². The number of nitrogens with zero attached hydrogens (tertiary/aromatic N) is 2. The SMILES string of the molecule is COC(=O)C1=C(c2ccc(OCc3ccccc3)cc2)CC2CCC1N2C(=O)NCCN1CCOCC1. The topological polar surface area (TPSA) is 80.3 Å². The molecule has 0 spiro atoms. The van der Waals surface area contributed by atoms with E-state index in [1.807, 2.05) is 59.5 Å². The summed E-state index contributed by atoms with van der Waals surface area (Å²) >= 11 is 0. The van der Waals surface area contributed by atoms with Gasteiger partial charge in [-0.05, 0) is 48.1 Å². The second-order valence-corrected chi connectivity index (χ2v) is 9.73. The average molecular weight is 506 g/mol. The van der Waals surface area contributed by atoms with Crippen molar-refractivity contribution < 1.29 is 23.8 Å². The lowest BCUT2D eigenvalue weighted by Crippen LogP contribution is -2.52. The predicted molar refractivity (Wildman–Crippen MR) is 140 cm³/mol. The zero-order valence-electron chi connectivity index (χ0n) is 21.4. The predicted octanol–water partition coefficient (Wildman–Crippen LogP) is 3.47. The number of carbonyl (C=O) groups is 2. The van der Waals surface area contributed by atoms with Crippen molar-refractivity contribution in [2.45, 2.75) is 38.0 Å². The number of morpholine rings is 1. The molecule has 0 radical (unpaired) electrons. The van der Waals surface area contributed by atoms with Crippen LogP contribution in [0.4, 0.5) is 4.79 Å². The Labute approximate surface area is 218 Å². The molecule has 0 aromatic heterocycles. The molecule has 5 rings (SSSR count). The van der Waals surface area contributed by atoms with Gasteiger partial charge in [0.2, 0.25) is 0 Å². The van der Waals surface area contributed by atoms with Crippen LogP contribution in [0.3, 0.4) is 0 Å². The highest BCUT2D eigenvalue weighted by Gasteiger charge is 2.46. The summed E-state index contributed by atoms with van der Waals surface area (Å²) in [6.45, 7) is 5.11. The first kappa shape index (κ1) is 25.3.